The minimum Gasteiger partial charge on any atom is -0.467 e. The van der Waals surface area contributed by atoms with Gasteiger partial charge in [-0.3, -0.25) is 14.4 Å². The molecular formula is C37H35ClF3N11O6. The van der Waals surface area contributed by atoms with Gasteiger partial charge in [-0.25, -0.2) is 4.79 Å². The Bertz CT molecular complexity index is 2270. The lowest BCUT2D eigenvalue weighted by Crippen LogP contribution is -2.44. The number of alkyl halides is 3. The summed E-state index contributed by atoms with van der Waals surface area (Å²) in [7, 11) is 2.92. The van der Waals surface area contributed by atoms with Crippen molar-refractivity contribution in [3.05, 3.63) is 95.3 Å². The number of nitrogens with zero attached hydrogens (tertiary/aromatic N) is 6. The van der Waals surface area contributed by atoms with E-state index < -0.39 is 54.1 Å². The number of aryl methyl sites for hydroxylation is 1. The molecule has 3 amide bonds. The van der Waals surface area contributed by atoms with Crippen LogP contribution in [0.25, 0.3) is 11.4 Å². The van der Waals surface area contributed by atoms with Gasteiger partial charge in [-0.15, -0.1) is 10.2 Å². The molecule has 1 aliphatic carbocycles. The summed E-state index contributed by atoms with van der Waals surface area (Å²) in [5.41, 5.74) is 1.91. The molecule has 0 saturated heterocycles. The molecule has 0 radical (unpaired) electrons. The normalized spacial score (nSPS) is 13.4. The number of ether oxygens (including phenoxy) is 2. The van der Waals surface area contributed by atoms with Crippen molar-refractivity contribution in [1.82, 2.24) is 40.3 Å². The van der Waals surface area contributed by atoms with Crippen molar-refractivity contribution in [2.75, 3.05) is 36.2 Å². The van der Waals surface area contributed by atoms with E-state index in [2.05, 4.69) is 51.7 Å². The maximum absolute atomic E-state index is 13.1. The Morgan fingerprint density at radius 1 is 0.897 bits per heavy atom. The van der Waals surface area contributed by atoms with Crippen LogP contribution in [-0.4, -0.2) is 85.9 Å². The predicted molar refractivity (Wildman–Crippen MR) is 203 cm³/mol. The summed E-state index contributed by atoms with van der Waals surface area (Å²) in [5.74, 6) is -2.93. The van der Waals surface area contributed by atoms with Gasteiger partial charge in [-0.2, -0.15) is 28.1 Å². The third kappa shape index (κ3) is 10.7. The second-order valence-electron chi connectivity index (χ2n) is 13.0. The number of carbonyl (C=O) groups excluding carboxylic acids is 4. The first-order valence-corrected chi connectivity index (χ1v) is 17.9. The van der Waals surface area contributed by atoms with Crippen LogP contribution in [0.2, 0.25) is 5.02 Å². The van der Waals surface area contributed by atoms with Crippen molar-refractivity contribution in [1.29, 1.82) is 0 Å². The van der Waals surface area contributed by atoms with E-state index in [0.717, 1.165) is 18.2 Å². The SMILES string of the molecule is COC(=O)[C@H](CCNC(=O)C(=O)Nc1ccc(-c2nncn2C)cc1)NC(=O)c1ccc(Nc2nc(NC3(c4ccc(Cl)cc4)CC3)nc(OCC(F)(F)F)n2)cc1. The lowest BCUT2D eigenvalue weighted by molar-refractivity contribution is -0.154. The van der Waals surface area contributed by atoms with E-state index in [1.54, 1.807) is 54.3 Å². The van der Waals surface area contributed by atoms with E-state index in [9.17, 15) is 32.3 Å². The van der Waals surface area contributed by atoms with Gasteiger partial charge in [0.05, 0.1) is 12.6 Å². The first-order valence-electron chi connectivity index (χ1n) is 17.5. The molecule has 0 unspecified atom stereocenters. The van der Waals surface area contributed by atoms with Gasteiger partial charge in [0.15, 0.2) is 12.4 Å². The molecule has 0 aliphatic heterocycles. The third-order valence-electron chi connectivity index (χ3n) is 8.71. The lowest BCUT2D eigenvalue weighted by atomic mass is 10.1. The highest BCUT2D eigenvalue weighted by Gasteiger charge is 2.45. The van der Waals surface area contributed by atoms with Crippen LogP contribution in [0.3, 0.4) is 0 Å². The standard InChI is InChI=1S/C37H35ClF3N11O6/c1-52-20-43-51-28(52)21-3-11-25(12-4-21)44-31(55)30(54)42-18-15-27(32(56)57-2)46-29(53)22-5-13-26(14-6-22)45-33-47-34(49-35(48-33)58-19-37(39,40)41)50-36(16-17-36)23-7-9-24(38)10-8-23/h3-14,20,27H,15-19H2,1-2H3,(H,42,54)(H,44,55)(H,46,53)(H2,45,47,48,49,50)/t27-/m0/s1. The Morgan fingerprint density at radius 3 is 2.19 bits per heavy atom. The fourth-order valence-electron chi connectivity index (χ4n) is 5.59. The van der Waals surface area contributed by atoms with Gasteiger partial charge in [0, 0.05) is 41.1 Å². The van der Waals surface area contributed by atoms with Gasteiger partial charge >= 0.3 is 30.0 Å². The quantitative estimate of drug-likeness (QED) is 0.0726. The monoisotopic (exact) mass is 821 g/mol. The summed E-state index contributed by atoms with van der Waals surface area (Å²) in [6.07, 6.45) is -1.80. The minimum atomic E-state index is -4.64. The summed E-state index contributed by atoms with van der Waals surface area (Å²) >= 11 is 6.03. The molecule has 2 aromatic heterocycles. The molecule has 5 aromatic rings. The molecule has 58 heavy (non-hydrogen) atoms. The van der Waals surface area contributed by atoms with Crippen molar-refractivity contribution in [2.45, 2.75) is 37.0 Å². The fourth-order valence-corrected chi connectivity index (χ4v) is 5.71. The number of hydrogen-bond acceptors (Lipinski definition) is 13. The molecular weight excluding hydrogens is 787 g/mol. The molecule has 1 atom stereocenters. The number of esters is 1. The zero-order valence-corrected chi connectivity index (χ0v) is 31.5. The van der Waals surface area contributed by atoms with Crippen LogP contribution in [0.15, 0.2) is 79.1 Å². The van der Waals surface area contributed by atoms with Crippen LogP contribution in [0, 0.1) is 0 Å². The highest BCUT2D eigenvalue weighted by Crippen LogP contribution is 2.48. The average molecular weight is 822 g/mol. The molecule has 1 fully saturated rings. The molecule has 0 bridgehead atoms. The number of aromatic nitrogens is 6. The fraction of sp³-hybridized carbons (Fsp3) is 0.270. The van der Waals surface area contributed by atoms with E-state index in [1.807, 2.05) is 12.1 Å². The summed E-state index contributed by atoms with van der Waals surface area (Å²) in [5, 5.41) is 21.9. The number of methoxy groups -OCH3 is 1. The number of hydrogen-bond donors (Lipinski definition) is 5. The number of anilines is 4. The number of amides is 3. The van der Waals surface area contributed by atoms with E-state index >= 15 is 0 Å². The lowest BCUT2D eigenvalue weighted by Gasteiger charge is -2.19. The van der Waals surface area contributed by atoms with Crippen LogP contribution in [0.5, 0.6) is 6.01 Å². The van der Waals surface area contributed by atoms with Gasteiger partial charge in [0.2, 0.25) is 11.9 Å². The molecule has 6 rings (SSSR count). The Kier molecular flexibility index (Phi) is 12.3. The summed E-state index contributed by atoms with van der Waals surface area (Å²) in [4.78, 5) is 63.0. The Balaban J connectivity index is 1.04. The number of halogens is 4. The summed E-state index contributed by atoms with van der Waals surface area (Å²) in [6.45, 7) is -1.80. The number of nitrogens with one attached hydrogen (secondary N) is 5. The Hall–Kier alpha value is -6.83. The van der Waals surface area contributed by atoms with Gasteiger partial charge in [-0.1, -0.05) is 23.7 Å². The van der Waals surface area contributed by atoms with E-state index in [1.165, 1.54) is 24.3 Å². The van der Waals surface area contributed by atoms with Gasteiger partial charge < -0.3 is 40.6 Å². The highest BCUT2D eigenvalue weighted by molar-refractivity contribution is 6.39. The number of carbonyl (C=O) groups is 4. The topological polar surface area (TPSA) is 216 Å². The minimum absolute atomic E-state index is 0.0337. The van der Waals surface area contributed by atoms with E-state index in [4.69, 9.17) is 21.1 Å². The highest BCUT2D eigenvalue weighted by atomic mass is 35.5. The van der Waals surface area contributed by atoms with Gasteiger partial charge in [-0.05, 0) is 85.5 Å². The van der Waals surface area contributed by atoms with Crippen molar-refractivity contribution in [2.24, 2.45) is 7.05 Å². The zero-order chi connectivity index (χ0) is 41.5. The molecule has 17 nitrogen and oxygen atoms in total. The second-order valence-corrected chi connectivity index (χ2v) is 13.4. The predicted octanol–water partition coefficient (Wildman–Crippen LogP) is 4.52. The smallest absolute Gasteiger partial charge is 0.422 e. The van der Waals surface area contributed by atoms with Crippen LogP contribution in [-0.2, 0) is 31.7 Å². The molecule has 3 aromatic carbocycles. The first-order chi connectivity index (χ1) is 27.7. The molecule has 0 spiro atoms. The zero-order valence-electron chi connectivity index (χ0n) is 30.8. The first kappa shape index (κ1) is 40.8. The van der Waals surface area contributed by atoms with Crippen molar-refractivity contribution >= 4 is 58.6 Å². The summed E-state index contributed by atoms with van der Waals surface area (Å²) < 4.78 is 50.3. The number of rotatable bonds is 15. The van der Waals surface area contributed by atoms with E-state index in [0.29, 0.717) is 35.1 Å². The maximum atomic E-state index is 13.1. The van der Waals surface area contributed by atoms with Gasteiger partial charge in [0.1, 0.15) is 12.4 Å². The van der Waals surface area contributed by atoms with Crippen LogP contribution >= 0.6 is 11.6 Å². The van der Waals surface area contributed by atoms with Crippen LogP contribution < -0.4 is 31.3 Å². The molecule has 1 aliphatic rings. The largest absolute Gasteiger partial charge is 0.467 e. The molecule has 21 heteroatoms. The molecule has 5 N–H and O–H groups in total. The van der Waals surface area contributed by atoms with Crippen LogP contribution in [0.1, 0.15) is 35.2 Å². The van der Waals surface area contributed by atoms with Crippen molar-refractivity contribution < 1.29 is 41.8 Å². The van der Waals surface area contributed by atoms with Crippen molar-refractivity contribution in [3.63, 3.8) is 0 Å². The van der Waals surface area contributed by atoms with E-state index in [-0.39, 0.29) is 30.4 Å². The third-order valence-corrected chi connectivity index (χ3v) is 8.96. The summed E-state index contributed by atoms with van der Waals surface area (Å²) in [6, 6.07) is 17.8. The Labute approximate surface area is 333 Å². The Morgan fingerprint density at radius 2 is 1.57 bits per heavy atom. The number of benzene rings is 3. The van der Waals surface area contributed by atoms with Crippen molar-refractivity contribution in [3.8, 4) is 17.4 Å². The maximum Gasteiger partial charge on any atom is 0.422 e. The van der Waals surface area contributed by atoms with Gasteiger partial charge in [0.25, 0.3) is 5.91 Å². The second kappa shape index (κ2) is 17.5. The van der Waals surface area contributed by atoms with Crippen LogP contribution in [0.4, 0.5) is 36.4 Å². The molecule has 2 heterocycles. The molecule has 1 saturated carbocycles. The molecule has 302 valence electrons. The average Bonchev–Trinajstić information content (AvgIpc) is 3.85.